The largest absolute Gasteiger partial charge is 1.00 e. The molecule has 0 amide bonds. The van der Waals surface area contributed by atoms with E-state index in [0.717, 1.165) is 0 Å². The van der Waals surface area contributed by atoms with Gasteiger partial charge in [0.1, 0.15) is 63.7 Å². The van der Waals surface area contributed by atoms with Gasteiger partial charge in [-0.05, 0) is 146 Å². The molecule has 378 valence electrons. The second-order valence-electron chi connectivity index (χ2n) is 17.9. The van der Waals surface area contributed by atoms with Crippen LogP contribution in [0, 0.1) is 0 Å². The van der Waals surface area contributed by atoms with Gasteiger partial charge in [0, 0.05) is 0 Å². The van der Waals surface area contributed by atoms with E-state index in [9.17, 15) is 0 Å². The van der Waals surface area contributed by atoms with E-state index >= 15 is 0 Å². The molecule has 0 N–H and O–H groups in total. The molecule has 0 radical (unpaired) electrons. The van der Waals surface area contributed by atoms with Gasteiger partial charge in [-0.1, -0.05) is 218 Å². The van der Waals surface area contributed by atoms with E-state index in [-0.39, 0.29) is 22.4 Å². The topological polar surface area (TPSA) is 0 Å². The Morgan fingerprint density at radius 1 is 0.104 bits per heavy atom. The SMILES string of the molecule is [Au+].c1ccc([PH+](c2ccccc2)c2ccccc2)cc1.c1ccc([PH+](c2ccccc2)c2ccccc2)cc1.c1ccc([PH+](c2ccccc2)c2ccccc2)cc1.c1ccc([PH+](c2ccccc2)c2ccccc2)cc1. The first-order valence-corrected chi connectivity index (χ1v) is 31.9. The normalized spacial score (nSPS) is 10.4. The van der Waals surface area contributed by atoms with Gasteiger partial charge in [0.05, 0.1) is 31.7 Å². The van der Waals surface area contributed by atoms with Gasteiger partial charge < -0.3 is 0 Å². The number of benzene rings is 12. The zero-order valence-corrected chi connectivity index (χ0v) is 49.1. The van der Waals surface area contributed by atoms with Gasteiger partial charge >= 0.3 is 22.4 Å². The van der Waals surface area contributed by atoms with Crippen LogP contribution in [0.1, 0.15) is 0 Å². The van der Waals surface area contributed by atoms with Crippen molar-refractivity contribution in [1.82, 2.24) is 0 Å². The predicted molar refractivity (Wildman–Crippen MR) is 346 cm³/mol. The fourth-order valence-corrected chi connectivity index (χ4v) is 19.6. The van der Waals surface area contributed by atoms with E-state index in [2.05, 4.69) is 364 Å². The van der Waals surface area contributed by atoms with Crippen LogP contribution in [0.15, 0.2) is 364 Å². The summed E-state index contributed by atoms with van der Waals surface area (Å²) in [4.78, 5) is 0. The first-order chi connectivity index (χ1) is 37.8. The Balaban J connectivity index is 0.000000135. The summed E-state index contributed by atoms with van der Waals surface area (Å²) >= 11 is 0. The molecule has 0 aromatic heterocycles. The summed E-state index contributed by atoms with van der Waals surface area (Å²) in [6.45, 7) is 0. The van der Waals surface area contributed by atoms with E-state index < -0.39 is 31.7 Å². The minimum atomic E-state index is -0.877. The quantitative estimate of drug-likeness (QED) is 0.0845. The molecule has 0 fully saturated rings. The van der Waals surface area contributed by atoms with Crippen molar-refractivity contribution in [3.05, 3.63) is 364 Å². The zero-order valence-electron chi connectivity index (χ0n) is 42.9. The van der Waals surface area contributed by atoms with E-state index in [4.69, 9.17) is 0 Å². The van der Waals surface area contributed by atoms with Crippen LogP contribution in [0.2, 0.25) is 0 Å². The first-order valence-electron chi connectivity index (χ1n) is 25.9. The Kier molecular flexibility index (Phi) is 22.9. The third kappa shape index (κ3) is 16.6. The van der Waals surface area contributed by atoms with Crippen molar-refractivity contribution in [3.63, 3.8) is 0 Å². The van der Waals surface area contributed by atoms with Gasteiger partial charge in [-0.2, -0.15) is 0 Å². The standard InChI is InChI=1S/4C18H15P.Au/c4*1-4-10-16(11-5-1)19(17-12-6-2-7-13-17)18-14-8-3-9-15-18;/h4*1-15H;/q;;;;+1/p+4. The number of hydrogen-bond donors (Lipinski definition) is 0. The Morgan fingerprint density at radius 3 is 0.234 bits per heavy atom. The molecule has 0 spiro atoms. The summed E-state index contributed by atoms with van der Waals surface area (Å²) in [5, 5.41) is 17.2. The molecule has 0 aliphatic carbocycles. The van der Waals surface area contributed by atoms with Crippen LogP contribution in [0.4, 0.5) is 0 Å². The summed E-state index contributed by atoms with van der Waals surface area (Å²) in [6.07, 6.45) is 0. The predicted octanol–water partition coefficient (Wildman–Crippen LogP) is 12.7. The van der Waals surface area contributed by atoms with Gasteiger partial charge in [0.25, 0.3) is 0 Å². The van der Waals surface area contributed by atoms with Crippen molar-refractivity contribution in [2.24, 2.45) is 0 Å². The van der Waals surface area contributed by atoms with Gasteiger partial charge in [0.2, 0.25) is 0 Å². The molecule has 77 heavy (non-hydrogen) atoms. The van der Waals surface area contributed by atoms with Crippen molar-refractivity contribution < 1.29 is 22.4 Å². The van der Waals surface area contributed by atoms with E-state index in [0.29, 0.717) is 0 Å². The van der Waals surface area contributed by atoms with Gasteiger partial charge in [-0.25, -0.2) is 0 Å². The van der Waals surface area contributed by atoms with Crippen LogP contribution in [-0.2, 0) is 22.4 Å². The van der Waals surface area contributed by atoms with Crippen LogP contribution in [-0.4, -0.2) is 0 Å². The molecule has 0 aliphatic heterocycles. The Labute approximate surface area is 478 Å². The molecule has 0 heterocycles. The molecule has 0 saturated heterocycles. The maximum absolute atomic E-state index is 2.24. The Hall–Kier alpha value is -6.90. The second-order valence-corrected chi connectivity index (χ2v) is 27.8. The molecule has 0 unspecified atom stereocenters. The summed E-state index contributed by atoms with van der Waals surface area (Å²) in [7, 11) is -3.51. The molecule has 0 saturated carbocycles. The average Bonchev–Trinajstić information content (AvgIpc) is 3.51. The summed E-state index contributed by atoms with van der Waals surface area (Å²) in [6, 6.07) is 130. The molecule has 12 rings (SSSR count). The summed E-state index contributed by atoms with van der Waals surface area (Å²) in [5.41, 5.74) is 0. The zero-order chi connectivity index (χ0) is 51.7. The van der Waals surface area contributed by atoms with Crippen LogP contribution in [0.25, 0.3) is 0 Å². The van der Waals surface area contributed by atoms with Crippen molar-refractivity contribution >= 4 is 95.3 Å². The third-order valence-corrected chi connectivity index (χ3v) is 23.7. The summed E-state index contributed by atoms with van der Waals surface area (Å²) < 4.78 is 0. The minimum Gasteiger partial charge on any atom is -0.0620 e. The smallest absolute Gasteiger partial charge is 0.0620 e. The van der Waals surface area contributed by atoms with E-state index in [1.54, 1.807) is 0 Å². The van der Waals surface area contributed by atoms with Gasteiger partial charge in [-0.15, -0.1) is 0 Å². The molecule has 0 bridgehead atoms. The molecule has 5 heteroatoms. The first kappa shape index (κ1) is 56.3. The van der Waals surface area contributed by atoms with Crippen molar-refractivity contribution in [3.8, 4) is 0 Å². The van der Waals surface area contributed by atoms with Crippen LogP contribution in [0.5, 0.6) is 0 Å². The maximum Gasteiger partial charge on any atom is 1.00 e. The number of rotatable bonds is 12. The van der Waals surface area contributed by atoms with Crippen molar-refractivity contribution in [1.29, 1.82) is 0 Å². The minimum absolute atomic E-state index is 0. The Morgan fingerprint density at radius 2 is 0.169 bits per heavy atom. The second kappa shape index (κ2) is 31.4. The van der Waals surface area contributed by atoms with Gasteiger partial charge in [0.15, 0.2) is 0 Å². The molecule has 12 aromatic carbocycles. The fourth-order valence-electron chi connectivity index (χ4n) is 9.26. The fraction of sp³-hybridized carbons (Fsp3) is 0. The molecular weight excluding hydrogens is 1190 g/mol. The molecule has 0 nitrogen and oxygen atoms in total. The summed E-state index contributed by atoms with van der Waals surface area (Å²) in [5.74, 6) is 0. The number of hydrogen-bond acceptors (Lipinski definition) is 0. The molecule has 12 aromatic rings. The molecule has 0 atom stereocenters. The van der Waals surface area contributed by atoms with Crippen LogP contribution >= 0.6 is 31.7 Å². The molecule has 0 aliphatic rings. The average molecular weight is 1250 g/mol. The van der Waals surface area contributed by atoms with E-state index in [1.165, 1.54) is 63.7 Å². The van der Waals surface area contributed by atoms with Crippen LogP contribution < -0.4 is 63.7 Å². The van der Waals surface area contributed by atoms with Crippen LogP contribution in [0.3, 0.4) is 0 Å². The van der Waals surface area contributed by atoms with Gasteiger partial charge in [-0.3, -0.25) is 0 Å². The van der Waals surface area contributed by atoms with E-state index in [1.807, 2.05) is 0 Å². The van der Waals surface area contributed by atoms with Crippen molar-refractivity contribution in [2.75, 3.05) is 0 Å². The maximum atomic E-state index is 2.24. The monoisotopic (exact) mass is 1250 g/mol. The Bertz CT molecular complexity index is 2580. The third-order valence-electron chi connectivity index (χ3n) is 12.7. The van der Waals surface area contributed by atoms with Crippen molar-refractivity contribution in [2.45, 2.75) is 0 Å². The molecular formula is C72H64AuP4+5.